The second-order valence-electron chi connectivity index (χ2n) is 8.57. The first-order valence-electron chi connectivity index (χ1n) is 12.3. The van der Waals surface area contributed by atoms with E-state index in [9.17, 15) is 9.59 Å². The Morgan fingerprint density at radius 3 is 1.56 bits per heavy atom. The predicted octanol–water partition coefficient (Wildman–Crippen LogP) is 4.08. The van der Waals surface area contributed by atoms with Crippen LogP contribution in [-0.4, -0.2) is 53.5 Å². The summed E-state index contributed by atoms with van der Waals surface area (Å²) in [6.07, 6.45) is 10.3. The molecule has 0 fully saturated rings. The van der Waals surface area contributed by atoms with Gasteiger partial charge in [0.2, 0.25) is 23.1 Å². The van der Waals surface area contributed by atoms with Gasteiger partial charge in [0.05, 0.1) is 36.7 Å². The van der Waals surface area contributed by atoms with E-state index < -0.39 is 0 Å². The molecule has 4 aromatic heterocycles. The van der Waals surface area contributed by atoms with E-state index in [0.29, 0.717) is 65.2 Å². The highest BCUT2D eigenvalue weighted by Gasteiger charge is 2.20. The van der Waals surface area contributed by atoms with Crippen LogP contribution in [0.3, 0.4) is 0 Å². The Morgan fingerprint density at radius 1 is 0.615 bits per heavy atom. The minimum atomic E-state index is -0.211. The zero-order valence-electron chi connectivity index (χ0n) is 20.7. The molecule has 0 unspecified atom stereocenters. The van der Waals surface area contributed by atoms with E-state index in [0.717, 1.165) is 0 Å². The molecule has 0 aliphatic carbocycles. The topological polar surface area (TPSA) is 113 Å². The fourth-order valence-electron chi connectivity index (χ4n) is 4.25. The lowest BCUT2D eigenvalue weighted by atomic mass is 10.1. The van der Waals surface area contributed by atoms with Crippen LogP contribution in [0.5, 0.6) is 11.5 Å². The van der Waals surface area contributed by atoms with E-state index in [1.807, 2.05) is 12.1 Å². The third-order valence-electron chi connectivity index (χ3n) is 6.11. The highest BCUT2D eigenvalue weighted by atomic mass is 16.5. The Kier molecular flexibility index (Phi) is 6.48. The molecule has 0 N–H and O–H groups in total. The largest absolute Gasteiger partial charge is 0.493 e. The van der Waals surface area contributed by atoms with E-state index in [1.54, 1.807) is 82.1 Å². The number of rotatable bonds is 10. The summed E-state index contributed by atoms with van der Waals surface area (Å²) in [5, 5.41) is 0. The molecule has 0 atom stereocenters. The number of ether oxygens (including phenoxy) is 2. The number of para-hydroxylation sites is 2. The van der Waals surface area contributed by atoms with Crippen LogP contribution >= 0.6 is 0 Å². The molecular formula is C29H22N6O4. The summed E-state index contributed by atoms with van der Waals surface area (Å²) in [5.41, 5.74) is 1.67. The molecule has 0 bridgehead atoms. The van der Waals surface area contributed by atoms with Crippen molar-refractivity contribution in [3.8, 4) is 11.5 Å². The van der Waals surface area contributed by atoms with Crippen molar-refractivity contribution in [3.05, 3.63) is 120 Å². The number of nitrogens with zero attached hydrogens (tertiary/aromatic N) is 6. The quantitative estimate of drug-likeness (QED) is 0.197. The molecule has 10 heteroatoms. The van der Waals surface area contributed by atoms with Crippen LogP contribution in [0.2, 0.25) is 0 Å². The number of carbonyl (C=O) groups is 2. The maximum Gasteiger partial charge on any atom is 0.234 e. The van der Waals surface area contributed by atoms with Gasteiger partial charge in [0.15, 0.2) is 0 Å². The van der Waals surface area contributed by atoms with Gasteiger partial charge >= 0.3 is 0 Å². The highest BCUT2D eigenvalue weighted by Crippen LogP contribution is 2.24. The van der Waals surface area contributed by atoms with E-state index in [1.165, 1.54) is 12.4 Å². The molecule has 0 saturated heterocycles. The molecular weight excluding hydrogens is 496 g/mol. The molecule has 10 nitrogen and oxygen atoms in total. The normalized spacial score (nSPS) is 11.1. The monoisotopic (exact) mass is 518 g/mol. The van der Waals surface area contributed by atoms with E-state index in [-0.39, 0.29) is 11.6 Å². The maximum atomic E-state index is 13.3. The van der Waals surface area contributed by atoms with Crippen molar-refractivity contribution in [1.82, 2.24) is 28.7 Å². The van der Waals surface area contributed by atoms with Crippen LogP contribution in [0.15, 0.2) is 97.8 Å². The molecule has 0 amide bonds. The van der Waals surface area contributed by atoms with Crippen molar-refractivity contribution in [2.75, 3.05) is 13.2 Å². The van der Waals surface area contributed by atoms with Crippen molar-refractivity contribution in [1.29, 1.82) is 0 Å². The second kappa shape index (κ2) is 10.5. The summed E-state index contributed by atoms with van der Waals surface area (Å²) in [5.74, 6) is 1.42. The standard InChI is InChI=1S/C29H22N6O4/c36-26(22-18-32-28-30-12-5-14-34(22)28)20-8-1-3-10-24(20)38-16-7-17-39-25-11-4-2-9-21(25)27(37)23-19-33-29-31-13-6-15-35(23)29/h1-6,8-15,18-19H,7,16-17H2. The lowest BCUT2D eigenvalue weighted by Gasteiger charge is -2.13. The summed E-state index contributed by atoms with van der Waals surface area (Å²) in [6.45, 7) is 0.627. The number of carbonyl (C=O) groups excluding carboxylic acids is 2. The lowest BCUT2D eigenvalue weighted by Crippen LogP contribution is -2.11. The average molecular weight is 519 g/mol. The molecule has 6 rings (SSSR count). The molecule has 192 valence electrons. The van der Waals surface area contributed by atoms with Gasteiger partial charge in [-0.15, -0.1) is 0 Å². The first-order chi connectivity index (χ1) is 19.2. The summed E-state index contributed by atoms with van der Waals surface area (Å²) >= 11 is 0. The Morgan fingerprint density at radius 2 is 1.08 bits per heavy atom. The van der Waals surface area contributed by atoms with Crippen LogP contribution in [-0.2, 0) is 0 Å². The molecule has 0 radical (unpaired) electrons. The number of aromatic nitrogens is 6. The maximum absolute atomic E-state index is 13.3. The van der Waals surface area contributed by atoms with E-state index in [2.05, 4.69) is 19.9 Å². The predicted molar refractivity (Wildman–Crippen MR) is 141 cm³/mol. The Bertz CT molecular complexity index is 1680. The van der Waals surface area contributed by atoms with Crippen molar-refractivity contribution in [3.63, 3.8) is 0 Å². The van der Waals surface area contributed by atoms with Crippen LogP contribution in [0.25, 0.3) is 11.6 Å². The smallest absolute Gasteiger partial charge is 0.234 e. The fourth-order valence-corrected chi connectivity index (χ4v) is 4.25. The molecule has 6 aromatic rings. The molecule has 0 saturated carbocycles. The minimum absolute atomic E-state index is 0.211. The number of hydrogen-bond donors (Lipinski definition) is 0. The fraction of sp³-hybridized carbons (Fsp3) is 0.103. The van der Waals surface area contributed by atoms with Crippen LogP contribution in [0.1, 0.15) is 38.5 Å². The summed E-state index contributed by atoms with van der Waals surface area (Å²) in [7, 11) is 0. The van der Waals surface area contributed by atoms with Gasteiger partial charge in [-0.25, -0.2) is 19.9 Å². The van der Waals surface area contributed by atoms with Gasteiger partial charge in [0.25, 0.3) is 0 Å². The van der Waals surface area contributed by atoms with Gasteiger partial charge in [0.1, 0.15) is 22.9 Å². The van der Waals surface area contributed by atoms with E-state index in [4.69, 9.17) is 9.47 Å². The van der Waals surface area contributed by atoms with Crippen molar-refractivity contribution < 1.29 is 19.1 Å². The molecule has 39 heavy (non-hydrogen) atoms. The molecule has 0 aliphatic heterocycles. The Balaban J connectivity index is 1.10. The Hall–Kier alpha value is -5.38. The number of ketones is 2. The Labute approximate surface area is 222 Å². The number of fused-ring (bicyclic) bond motifs is 2. The second-order valence-corrected chi connectivity index (χ2v) is 8.57. The molecule has 0 spiro atoms. The highest BCUT2D eigenvalue weighted by molar-refractivity contribution is 6.10. The third-order valence-corrected chi connectivity index (χ3v) is 6.11. The van der Waals surface area contributed by atoms with Crippen LogP contribution in [0, 0.1) is 0 Å². The van der Waals surface area contributed by atoms with Gasteiger partial charge < -0.3 is 9.47 Å². The van der Waals surface area contributed by atoms with Crippen LogP contribution < -0.4 is 9.47 Å². The molecule has 2 aromatic carbocycles. The third kappa shape index (κ3) is 4.71. The first kappa shape index (κ1) is 24.0. The zero-order chi connectivity index (χ0) is 26.6. The molecule has 4 heterocycles. The van der Waals surface area contributed by atoms with Crippen molar-refractivity contribution in [2.45, 2.75) is 6.42 Å². The lowest BCUT2D eigenvalue weighted by molar-refractivity contribution is 0.102. The first-order valence-corrected chi connectivity index (χ1v) is 12.3. The zero-order valence-corrected chi connectivity index (χ0v) is 20.7. The summed E-state index contributed by atoms with van der Waals surface area (Å²) < 4.78 is 15.2. The van der Waals surface area contributed by atoms with Gasteiger partial charge in [-0.2, -0.15) is 0 Å². The molecule has 0 aliphatic rings. The summed E-state index contributed by atoms with van der Waals surface area (Å²) in [6, 6.07) is 17.7. The number of imidazole rings is 2. The summed E-state index contributed by atoms with van der Waals surface area (Å²) in [4.78, 5) is 43.3. The van der Waals surface area contributed by atoms with Crippen LogP contribution in [0.4, 0.5) is 0 Å². The van der Waals surface area contributed by atoms with E-state index >= 15 is 0 Å². The number of hydrogen-bond acceptors (Lipinski definition) is 8. The van der Waals surface area contributed by atoms with Crippen molar-refractivity contribution >= 4 is 23.1 Å². The van der Waals surface area contributed by atoms with Gasteiger partial charge in [-0.3, -0.25) is 18.4 Å². The number of benzene rings is 2. The SMILES string of the molecule is O=C(c1ccccc1OCCCOc1ccccc1C(=O)c1cnc2ncccn12)c1cnc2ncccn12. The average Bonchev–Trinajstić information content (AvgIpc) is 3.62. The van der Waals surface area contributed by atoms with Gasteiger partial charge in [-0.05, 0) is 36.4 Å². The minimum Gasteiger partial charge on any atom is -0.493 e. The van der Waals surface area contributed by atoms with Gasteiger partial charge in [0, 0.05) is 31.2 Å². The van der Waals surface area contributed by atoms with Gasteiger partial charge in [-0.1, -0.05) is 24.3 Å². The van der Waals surface area contributed by atoms with Crippen molar-refractivity contribution in [2.24, 2.45) is 0 Å².